The average molecular weight is 185 g/mol. The second-order valence-electron chi connectivity index (χ2n) is 3.28. The van der Waals surface area contributed by atoms with Gasteiger partial charge in [-0.1, -0.05) is 19.4 Å². The van der Waals surface area contributed by atoms with Crippen LogP contribution in [0.15, 0.2) is 47.8 Å². The third-order valence-electron chi connectivity index (χ3n) is 1.98. The van der Waals surface area contributed by atoms with Crippen LogP contribution in [-0.4, -0.2) is 0 Å². The third kappa shape index (κ3) is 4.62. The monoisotopic (exact) mass is 185 g/mol. The molecule has 0 heteroatoms. The van der Waals surface area contributed by atoms with Gasteiger partial charge in [-0.3, -0.25) is 0 Å². The zero-order chi connectivity index (χ0) is 10.1. The Labute approximate surface area is 87.0 Å². The van der Waals surface area contributed by atoms with Crippen LogP contribution in [0.25, 0.3) is 0 Å². The van der Waals surface area contributed by atoms with Crippen LogP contribution in [0.1, 0.15) is 32.6 Å². The topological polar surface area (TPSA) is 0 Å². The van der Waals surface area contributed by atoms with E-state index in [1.54, 1.807) is 0 Å². The van der Waals surface area contributed by atoms with Crippen molar-refractivity contribution in [3.8, 4) is 0 Å². The lowest BCUT2D eigenvalue weighted by Crippen LogP contribution is -1.73. The minimum atomic E-state index is 1.01. The smallest absolute Gasteiger partial charge is 0.115 e. The Morgan fingerprint density at radius 2 is 2.50 bits per heavy atom. The number of unbranched alkanes of at least 4 members (excludes halogenated alkanes) is 2. The third-order valence-corrected chi connectivity index (χ3v) is 1.98. The van der Waals surface area contributed by atoms with Crippen molar-refractivity contribution in [2.45, 2.75) is 32.6 Å². The molecule has 0 unspecified atom stereocenters. The van der Waals surface area contributed by atoms with Crippen LogP contribution in [0, 0.1) is 6.08 Å². The summed E-state index contributed by atoms with van der Waals surface area (Å²) >= 11 is 0. The summed E-state index contributed by atoms with van der Waals surface area (Å²) in [5.74, 6) is 0. The summed E-state index contributed by atoms with van der Waals surface area (Å²) in [6.07, 6.45) is 20.1. The maximum Gasteiger partial charge on any atom is 0.154 e. The quantitative estimate of drug-likeness (QED) is 0.261. The normalized spacial score (nSPS) is 15.1. The molecule has 0 spiro atoms. The van der Waals surface area contributed by atoms with Crippen LogP contribution in [-0.2, 0) is 0 Å². The summed E-state index contributed by atoms with van der Waals surface area (Å²) in [5, 5.41) is 0. The van der Waals surface area contributed by atoms with Gasteiger partial charge in [0.2, 0.25) is 0 Å². The van der Waals surface area contributed by atoms with E-state index in [-0.39, 0.29) is 0 Å². The standard InChI is InChI=1S/C14H17/c1-2-3-4-5-6-8-11-14-12-9-7-10-13-14/h6,8-12H,2-4,7H2,1H3/q+1/b11-8-. The summed E-state index contributed by atoms with van der Waals surface area (Å²) in [6, 6.07) is 0. The first kappa shape index (κ1) is 10.7. The molecule has 0 aromatic heterocycles. The SMILES string of the molecule is CCCC[C+]=C/C=C\C1=C=CCC=C1. The van der Waals surface area contributed by atoms with Gasteiger partial charge in [0.25, 0.3) is 0 Å². The van der Waals surface area contributed by atoms with Crippen LogP contribution in [0.3, 0.4) is 0 Å². The first-order chi connectivity index (χ1) is 6.93. The summed E-state index contributed by atoms with van der Waals surface area (Å²) in [6.45, 7) is 2.19. The summed E-state index contributed by atoms with van der Waals surface area (Å²) in [4.78, 5) is 0. The first-order valence-electron chi connectivity index (χ1n) is 5.28. The average Bonchev–Trinajstić information content (AvgIpc) is 2.25. The highest BCUT2D eigenvalue weighted by molar-refractivity contribution is 5.33. The van der Waals surface area contributed by atoms with Gasteiger partial charge in [-0.2, -0.15) is 0 Å². The van der Waals surface area contributed by atoms with Crippen LogP contribution >= 0.6 is 0 Å². The fourth-order valence-electron chi connectivity index (χ4n) is 1.17. The highest BCUT2D eigenvalue weighted by Crippen LogP contribution is 2.04. The summed E-state index contributed by atoms with van der Waals surface area (Å²) in [7, 11) is 0. The minimum absolute atomic E-state index is 1.01. The molecule has 72 valence electrons. The summed E-state index contributed by atoms with van der Waals surface area (Å²) in [5.41, 5.74) is 4.33. The van der Waals surface area contributed by atoms with Crippen molar-refractivity contribution in [3.63, 3.8) is 0 Å². The zero-order valence-corrected chi connectivity index (χ0v) is 8.79. The van der Waals surface area contributed by atoms with Gasteiger partial charge < -0.3 is 0 Å². The molecule has 0 aliphatic heterocycles. The van der Waals surface area contributed by atoms with Gasteiger partial charge in [0.15, 0.2) is 6.08 Å². The fourth-order valence-corrected chi connectivity index (χ4v) is 1.17. The molecule has 0 fully saturated rings. The van der Waals surface area contributed by atoms with Crippen LogP contribution in [0.5, 0.6) is 0 Å². The van der Waals surface area contributed by atoms with E-state index in [0.29, 0.717) is 0 Å². The molecule has 0 radical (unpaired) electrons. The molecule has 0 saturated heterocycles. The van der Waals surface area contributed by atoms with Crippen molar-refractivity contribution in [1.29, 1.82) is 0 Å². The number of hydrogen-bond acceptors (Lipinski definition) is 0. The zero-order valence-electron chi connectivity index (χ0n) is 8.79. The van der Waals surface area contributed by atoms with E-state index in [0.717, 1.165) is 18.4 Å². The number of rotatable bonds is 5. The Bertz CT molecular complexity index is 294. The van der Waals surface area contributed by atoms with Crippen LogP contribution < -0.4 is 0 Å². The van der Waals surface area contributed by atoms with Crippen molar-refractivity contribution >= 4 is 0 Å². The van der Waals surface area contributed by atoms with E-state index in [9.17, 15) is 0 Å². The maximum atomic E-state index is 3.24. The molecular weight excluding hydrogens is 168 g/mol. The second-order valence-corrected chi connectivity index (χ2v) is 3.28. The highest BCUT2D eigenvalue weighted by atomic mass is 13.9. The molecule has 0 N–H and O–H groups in total. The highest BCUT2D eigenvalue weighted by Gasteiger charge is 1.89. The van der Waals surface area contributed by atoms with Gasteiger partial charge in [-0.15, -0.1) is 5.73 Å². The van der Waals surface area contributed by atoms with Gasteiger partial charge in [0, 0.05) is 11.6 Å². The molecule has 0 amide bonds. The van der Waals surface area contributed by atoms with Crippen molar-refractivity contribution < 1.29 is 0 Å². The Hall–Kier alpha value is -1.35. The fraction of sp³-hybridized carbons (Fsp3) is 0.357. The van der Waals surface area contributed by atoms with Gasteiger partial charge in [0.05, 0.1) is 18.6 Å². The molecule has 1 aliphatic rings. The molecule has 0 aromatic rings. The van der Waals surface area contributed by atoms with E-state index in [4.69, 9.17) is 0 Å². The largest absolute Gasteiger partial charge is 0.154 e. The predicted octanol–water partition coefficient (Wildman–Crippen LogP) is 4.13. The lowest BCUT2D eigenvalue weighted by Gasteiger charge is -1.89. The molecule has 0 atom stereocenters. The molecular formula is C14H17+. The van der Waals surface area contributed by atoms with Gasteiger partial charge >= 0.3 is 0 Å². The van der Waals surface area contributed by atoms with Gasteiger partial charge in [-0.25, -0.2) is 0 Å². The van der Waals surface area contributed by atoms with Crippen molar-refractivity contribution in [1.82, 2.24) is 0 Å². The van der Waals surface area contributed by atoms with Crippen molar-refractivity contribution in [3.05, 3.63) is 53.8 Å². The Morgan fingerprint density at radius 1 is 1.57 bits per heavy atom. The number of hydrogen-bond donors (Lipinski definition) is 0. The molecule has 0 nitrogen and oxygen atoms in total. The lowest BCUT2D eigenvalue weighted by molar-refractivity contribution is 0.804. The minimum Gasteiger partial charge on any atom is -0.115 e. The molecule has 1 aliphatic carbocycles. The molecule has 0 saturated carbocycles. The summed E-state index contributed by atoms with van der Waals surface area (Å²) < 4.78 is 0. The molecule has 14 heavy (non-hydrogen) atoms. The van der Waals surface area contributed by atoms with Crippen LogP contribution in [0.2, 0.25) is 0 Å². The molecule has 0 aromatic carbocycles. The van der Waals surface area contributed by atoms with Crippen molar-refractivity contribution in [2.24, 2.45) is 0 Å². The first-order valence-corrected chi connectivity index (χ1v) is 5.28. The Balaban J connectivity index is 2.30. The molecule has 0 bridgehead atoms. The van der Waals surface area contributed by atoms with E-state index in [1.807, 2.05) is 18.2 Å². The van der Waals surface area contributed by atoms with E-state index >= 15 is 0 Å². The van der Waals surface area contributed by atoms with E-state index < -0.39 is 0 Å². The van der Waals surface area contributed by atoms with E-state index in [1.165, 1.54) is 12.8 Å². The van der Waals surface area contributed by atoms with Gasteiger partial charge in [0.1, 0.15) is 0 Å². The second kappa shape index (κ2) is 7.09. The van der Waals surface area contributed by atoms with Crippen LogP contribution in [0.4, 0.5) is 0 Å². The molecule has 1 rings (SSSR count). The maximum absolute atomic E-state index is 3.24. The van der Waals surface area contributed by atoms with Gasteiger partial charge in [-0.05, 0) is 25.0 Å². The Morgan fingerprint density at radius 3 is 3.21 bits per heavy atom. The number of allylic oxidation sites excluding steroid dienone is 7. The van der Waals surface area contributed by atoms with E-state index in [2.05, 4.69) is 37.0 Å². The van der Waals surface area contributed by atoms with Crippen molar-refractivity contribution in [2.75, 3.05) is 0 Å². The predicted molar refractivity (Wildman–Crippen MR) is 61.8 cm³/mol. The lowest BCUT2D eigenvalue weighted by atomic mass is 10.1. The Kier molecular flexibility index (Phi) is 5.43. The molecule has 0 heterocycles.